The first kappa shape index (κ1) is 7.14. The van der Waals surface area contributed by atoms with Gasteiger partial charge in [0.05, 0.1) is 0 Å². The Morgan fingerprint density at radius 3 is 1.88 bits per heavy atom. The Balaban J connectivity index is 4.23. The van der Waals surface area contributed by atoms with Crippen molar-refractivity contribution in [1.29, 1.82) is 0 Å². The van der Waals surface area contributed by atoms with E-state index in [0.29, 0.717) is 0 Å². The number of nitrogens with two attached hydrogens (primary N) is 1. The van der Waals surface area contributed by atoms with Gasteiger partial charge in [-0.25, -0.2) is 4.39 Å². The second-order valence-electron chi connectivity index (χ2n) is 1.52. The van der Waals surface area contributed by atoms with Crippen LogP contribution in [0.15, 0.2) is 11.4 Å². The van der Waals surface area contributed by atoms with Crippen molar-refractivity contribution < 1.29 is 9.18 Å². The first-order valence-corrected chi connectivity index (χ1v) is 2.18. The largest absolute Gasteiger partial charge is 0.366 e. The second-order valence-corrected chi connectivity index (χ2v) is 1.52. The summed E-state index contributed by atoms with van der Waals surface area (Å²) in [5.74, 6) is -1.22. The van der Waals surface area contributed by atoms with Gasteiger partial charge in [-0.3, -0.25) is 4.79 Å². The molecule has 0 aliphatic heterocycles. The molecule has 0 radical (unpaired) electrons. The van der Waals surface area contributed by atoms with Crippen LogP contribution in [-0.2, 0) is 4.79 Å². The van der Waals surface area contributed by atoms with Gasteiger partial charge in [0, 0.05) is 5.57 Å². The summed E-state index contributed by atoms with van der Waals surface area (Å²) in [6.45, 7) is 2.54. The number of rotatable bonds is 1. The fraction of sp³-hybridized carbons (Fsp3) is 0.400. The number of primary amides is 1. The van der Waals surface area contributed by atoms with Gasteiger partial charge in [0.25, 0.3) is 0 Å². The molecule has 2 nitrogen and oxygen atoms in total. The molecule has 0 rings (SSSR count). The third-order valence-corrected chi connectivity index (χ3v) is 0.886. The quantitative estimate of drug-likeness (QED) is 0.505. The third-order valence-electron chi connectivity index (χ3n) is 0.886. The van der Waals surface area contributed by atoms with Crippen molar-refractivity contribution in [3.63, 3.8) is 0 Å². The molecule has 0 aromatic rings. The number of hydrogen-bond donors (Lipinski definition) is 1. The summed E-state index contributed by atoms with van der Waals surface area (Å²) in [7, 11) is 0. The molecule has 3 heteroatoms. The Morgan fingerprint density at radius 1 is 1.50 bits per heavy atom. The molecule has 8 heavy (non-hydrogen) atoms. The zero-order valence-electron chi connectivity index (χ0n) is 4.86. The van der Waals surface area contributed by atoms with E-state index in [1.807, 2.05) is 0 Å². The fourth-order valence-corrected chi connectivity index (χ4v) is 0.170. The highest BCUT2D eigenvalue weighted by molar-refractivity contribution is 5.91. The summed E-state index contributed by atoms with van der Waals surface area (Å²) in [5.41, 5.74) is 4.69. The number of halogens is 1. The van der Waals surface area contributed by atoms with Crippen molar-refractivity contribution in [3.05, 3.63) is 11.4 Å². The van der Waals surface area contributed by atoms with E-state index in [-0.39, 0.29) is 5.57 Å². The van der Waals surface area contributed by atoms with Gasteiger partial charge in [0.1, 0.15) is 5.83 Å². The molecule has 0 aromatic carbocycles. The van der Waals surface area contributed by atoms with Crippen molar-refractivity contribution >= 4 is 5.91 Å². The minimum Gasteiger partial charge on any atom is -0.366 e. The normalized spacial score (nSPS) is 12.9. The van der Waals surface area contributed by atoms with Gasteiger partial charge in [-0.05, 0) is 13.8 Å². The minimum absolute atomic E-state index is 0.00926. The Morgan fingerprint density at radius 2 is 1.88 bits per heavy atom. The average Bonchev–Trinajstić information content (AvgIpc) is 1.64. The van der Waals surface area contributed by atoms with Crippen molar-refractivity contribution in [2.75, 3.05) is 0 Å². The molecule has 0 aliphatic rings. The smallest absolute Gasteiger partial charge is 0.246 e. The Hall–Kier alpha value is -0.860. The SMILES string of the molecule is C/C(F)=C(\C)C(N)=O. The maximum atomic E-state index is 11.9. The van der Waals surface area contributed by atoms with E-state index < -0.39 is 11.7 Å². The van der Waals surface area contributed by atoms with E-state index in [1.54, 1.807) is 0 Å². The van der Waals surface area contributed by atoms with Crippen LogP contribution in [0, 0.1) is 0 Å². The van der Waals surface area contributed by atoms with Crippen molar-refractivity contribution in [2.24, 2.45) is 5.73 Å². The number of carbonyl (C=O) groups excluding carboxylic acids is 1. The zero-order valence-corrected chi connectivity index (χ0v) is 4.86. The van der Waals surface area contributed by atoms with Crippen LogP contribution >= 0.6 is 0 Å². The van der Waals surface area contributed by atoms with E-state index in [4.69, 9.17) is 5.73 Å². The standard InChI is InChI=1S/C5H8FNO/c1-3(4(2)6)5(7)8/h1-2H3,(H2,7,8)/b4-3-. The molecule has 1 amide bonds. The van der Waals surface area contributed by atoms with Gasteiger partial charge < -0.3 is 5.73 Å². The van der Waals surface area contributed by atoms with Crippen molar-refractivity contribution in [3.8, 4) is 0 Å². The lowest BCUT2D eigenvalue weighted by Gasteiger charge is -1.90. The predicted octanol–water partition coefficient (Wildman–Crippen LogP) is 0.735. The second kappa shape index (κ2) is 2.45. The molecule has 0 fully saturated rings. The van der Waals surface area contributed by atoms with Crippen LogP contribution in [0.2, 0.25) is 0 Å². The highest BCUT2D eigenvalue weighted by Crippen LogP contribution is 2.01. The van der Waals surface area contributed by atoms with Crippen LogP contribution < -0.4 is 5.73 Å². The summed E-state index contributed by atoms with van der Waals surface area (Å²) in [5, 5.41) is 0. The number of carbonyl (C=O) groups is 1. The van der Waals surface area contributed by atoms with Crippen LogP contribution in [0.5, 0.6) is 0 Å². The minimum atomic E-state index is -0.704. The lowest BCUT2D eigenvalue weighted by Crippen LogP contribution is -2.12. The topological polar surface area (TPSA) is 43.1 Å². The molecule has 0 saturated heterocycles. The number of hydrogen-bond acceptors (Lipinski definition) is 1. The monoisotopic (exact) mass is 117 g/mol. The summed E-state index contributed by atoms with van der Waals surface area (Å²) in [4.78, 5) is 10.1. The first-order valence-electron chi connectivity index (χ1n) is 2.18. The van der Waals surface area contributed by atoms with Gasteiger partial charge in [0.15, 0.2) is 0 Å². The molecule has 2 N–H and O–H groups in total. The van der Waals surface area contributed by atoms with Gasteiger partial charge in [-0.15, -0.1) is 0 Å². The lowest BCUT2D eigenvalue weighted by atomic mass is 10.3. The van der Waals surface area contributed by atoms with Gasteiger partial charge in [0.2, 0.25) is 5.91 Å². The van der Waals surface area contributed by atoms with Crippen LogP contribution in [0.3, 0.4) is 0 Å². The average molecular weight is 117 g/mol. The fourth-order valence-electron chi connectivity index (χ4n) is 0.170. The molecule has 0 aromatic heterocycles. The van der Waals surface area contributed by atoms with E-state index in [9.17, 15) is 9.18 Å². The summed E-state index contributed by atoms with van der Waals surface area (Å²) in [6, 6.07) is 0. The maximum Gasteiger partial charge on any atom is 0.246 e. The van der Waals surface area contributed by atoms with Crippen LogP contribution in [-0.4, -0.2) is 5.91 Å². The van der Waals surface area contributed by atoms with Gasteiger partial charge >= 0.3 is 0 Å². The van der Waals surface area contributed by atoms with E-state index in [1.165, 1.54) is 13.8 Å². The highest BCUT2D eigenvalue weighted by atomic mass is 19.1. The number of allylic oxidation sites excluding steroid dienone is 1. The van der Waals surface area contributed by atoms with Gasteiger partial charge in [-0.2, -0.15) is 0 Å². The molecule has 0 atom stereocenters. The summed E-state index contributed by atoms with van der Waals surface area (Å²) in [6.07, 6.45) is 0. The molecule has 0 saturated carbocycles. The van der Waals surface area contributed by atoms with Crippen LogP contribution in [0.4, 0.5) is 4.39 Å². The molecular formula is C5H8FNO. The van der Waals surface area contributed by atoms with Gasteiger partial charge in [-0.1, -0.05) is 0 Å². The van der Waals surface area contributed by atoms with E-state index in [0.717, 1.165) is 0 Å². The molecule has 0 aliphatic carbocycles. The van der Waals surface area contributed by atoms with E-state index >= 15 is 0 Å². The molecule has 0 spiro atoms. The van der Waals surface area contributed by atoms with Crippen LogP contribution in [0.25, 0.3) is 0 Å². The Bertz CT molecular complexity index is 135. The number of amides is 1. The van der Waals surface area contributed by atoms with Crippen LogP contribution in [0.1, 0.15) is 13.8 Å². The maximum absolute atomic E-state index is 11.9. The van der Waals surface area contributed by atoms with E-state index in [2.05, 4.69) is 0 Å². The molecule has 0 bridgehead atoms. The Labute approximate surface area is 47.2 Å². The predicted molar refractivity (Wildman–Crippen MR) is 28.7 cm³/mol. The molecule has 0 unspecified atom stereocenters. The molecular weight excluding hydrogens is 109 g/mol. The summed E-state index contributed by atoms with van der Waals surface area (Å²) >= 11 is 0. The first-order chi connectivity index (χ1) is 3.55. The third kappa shape index (κ3) is 1.73. The summed E-state index contributed by atoms with van der Waals surface area (Å²) < 4.78 is 11.9. The van der Waals surface area contributed by atoms with Crippen molar-refractivity contribution in [2.45, 2.75) is 13.8 Å². The lowest BCUT2D eigenvalue weighted by molar-refractivity contribution is -0.114. The zero-order chi connectivity index (χ0) is 6.73. The molecule has 0 heterocycles. The Kier molecular flexibility index (Phi) is 2.19. The molecule has 46 valence electrons. The van der Waals surface area contributed by atoms with Crippen molar-refractivity contribution in [1.82, 2.24) is 0 Å². The highest BCUT2D eigenvalue weighted by Gasteiger charge is 1.99.